The van der Waals surface area contributed by atoms with Crippen LogP contribution in [0.3, 0.4) is 0 Å². The summed E-state index contributed by atoms with van der Waals surface area (Å²) in [4.78, 5) is 13.6. The van der Waals surface area contributed by atoms with Gasteiger partial charge in [0.15, 0.2) is 5.60 Å². The van der Waals surface area contributed by atoms with Gasteiger partial charge < -0.3 is 14.7 Å². The van der Waals surface area contributed by atoms with E-state index in [1.165, 1.54) is 6.08 Å². The SMILES string of the molecule is N#C/C(=C/c1ccc(C2(c3ccccc3)C=Cc3c(ccc4cc(-c5ccc(N(c6ccccc6)c6ccccc6)cc5)ccc34)O2)cc1)C(=O)O. The molecular formula is C47H32N2O3. The van der Waals surface area contributed by atoms with Crippen LogP contribution >= 0.6 is 0 Å². The van der Waals surface area contributed by atoms with Crippen molar-refractivity contribution in [1.82, 2.24) is 0 Å². The Morgan fingerprint density at radius 2 is 1.23 bits per heavy atom. The third kappa shape index (κ3) is 6.00. The van der Waals surface area contributed by atoms with Crippen molar-refractivity contribution in [3.63, 3.8) is 0 Å². The molecule has 52 heavy (non-hydrogen) atoms. The second kappa shape index (κ2) is 13.6. The highest BCUT2D eigenvalue weighted by molar-refractivity contribution is 5.97. The van der Waals surface area contributed by atoms with Gasteiger partial charge in [-0.15, -0.1) is 0 Å². The quantitative estimate of drug-likeness (QED) is 0.128. The third-order valence-corrected chi connectivity index (χ3v) is 9.47. The number of carbonyl (C=O) groups is 1. The molecule has 248 valence electrons. The number of carboxylic acids is 1. The fraction of sp³-hybridized carbons (Fsp3) is 0.0213. The standard InChI is InChI=1S/C47H32N2O3/c48-32-37(46(50)51)30-33-16-22-39(23-17-33)47(38-10-4-1-5-11-38)29-28-44-43-26-20-35(31-36(43)21-27-45(44)52-47)34-18-24-42(25-19-34)49(40-12-6-2-7-13-40)41-14-8-3-9-15-41/h1-31H,(H,50,51)/b37-30-. The Bertz CT molecular complexity index is 2460. The molecular weight excluding hydrogens is 641 g/mol. The molecule has 1 aliphatic rings. The molecule has 1 unspecified atom stereocenters. The second-order valence-electron chi connectivity index (χ2n) is 12.6. The van der Waals surface area contributed by atoms with E-state index in [0.29, 0.717) is 5.56 Å². The van der Waals surface area contributed by atoms with Gasteiger partial charge in [-0.25, -0.2) is 4.79 Å². The average molecular weight is 673 g/mol. The fourth-order valence-corrected chi connectivity index (χ4v) is 6.88. The summed E-state index contributed by atoms with van der Waals surface area (Å²) in [7, 11) is 0. The van der Waals surface area contributed by atoms with Crippen LogP contribution in [0.4, 0.5) is 17.1 Å². The van der Waals surface area contributed by atoms with Crippen molar-refractivity contribution in [2.75, 3.05) is 4.90 Å². The van der Waals surface area contributed by atoms with Crippen LogP contribution < -0.4 is 9.64 Å². The van der Waals surface area contributed by atoms with Crippen LogP contribution in [0.2, 0.25) is 0 Å². The zero-order valence-electron chi connectivity index (χ0n) is 28.1. The Morgan fingerprint density at radius 3 is 1.85 bits per heavy atom. The van der Waals surface area contributed by atoms with Gasteiger partial charge in [-0.3, -0.25) is 0 Å². The highest BCUT2D eigenvalue weighted by Crippen LogP contribution is 2.45. The molecule has 1 aliphatic heterocycles. The van der Waals surface area contributed by atoms with Crippen molar-refractivity contribution in [2.24, 2.45) is 0 Å². The summed E-state index contributed by atoms with van der Waals surface area (Å²) >= 11 is 0. The highest BCUT2D eigenvalue weighted by atomic mass is 16.5. The summed E-state index contributed by atoms with van der Waals surface area (Å²) < 4.78 is 6.95. The normalized spacial score (nSPS) is 14.9. The van der Waals surface area contributed by atoms with E-state index in [9.17, 15) is 15.2 Å². The maximum Gasteiger partial charge on any atom is 0.346 e. The van der Waals surface area contributed by atoms with Gasteiger partial charge in [-0.2, -0.15) is 5.26 Å². The average Bonchev–Trinajstić information content (AvgIpc) is 3.21. The minimum absolute atomic E-state index is 0.321. The zero-order chi connectivity index (χ0) is 35.5. The molecule has 0 saturated carbocycles. The first-order chi connectivity index (χ1) is 25.5. The third-order valence-electron chi connectivity index (χ3n) is 9.47. The summed E-state index contributed by atoms with van der Waals surface area (Å²) in [6.45, 7) is 0. The Hall–Kier alpha value is -7.16. The second-order valence-corrected chi connectivity index (χ2v) is 12.6. The topological polar surface area (TPSA) is 73.6 Å². The van der Waals surface area contributed by atoms with E-state index in [0.717, 1.165) is 61.4 Å². The Morgan fingerprint density at radius 1 is 0.654 bits per heavy atom. The molecule has 0 aliphatic carbocycles. The van der Waals surface area contributed by atoms with Gasteiger partial charge in [-0.05, 0) is 94.2 Å². The molecule has 0 fully saturated rings. The number of nitrogens with zero attached hydrogens (tertiary/aromatic N) is 2. The van der Waals surface area contributed by atoms with Gasteiger partial charge in [0, 0.05) is 33.8 Å². The molecule has 0 saturated heterocycles. The van der Waals surface area contributed by atoms with Crippen LogP contribution in [0.5, 0.6) is 5.75 Å². The lowest BCUT2D eigenvalue weighted by atomic mass is 9.82. The molecule has 7 aromatic rings. The number of benzene rings is 7. The van der Waals surface area contributed by atoms with Crippen molar-refractivity contribution >= 4 is 46.0 Å². The smallest absolute Gasteiger partial charge is 0.346 e. The van der Waals surface area contributed by atoms with Gasteiger partial charge in [0.2, 0.25) is 0 Å². The van der Waals surface area contributed by atoms with E-state index < -0.39 is 11.6 Å². The minimum Gasteiger partial charge on any atom is -0.477 e. The van der Waals surface area contributed by atoms with E-state index >= 15 is 0 Å². The largest absolute Gasteiger partial charge is 0.477 e. The van der Waals surface area contributed by atoms with Crippen molar-refractivity contribution in [3.05, 3.63) is 204 Å². The van der Waals surface area contributed by atoms with Crippen molar-refractivity contribution in [2.45, 2.75) is 5.60 Å². The predicted octanol–water partition coefficient (Wildman–Crippen LogP) is 11.3. The number of fused-ring (bicyclic) bond motifs is 3. The zero-order valence-corrected chi connectivity index (χ0v) is 28.1. The lowest BCUT2D eigenvalue weighted by Gasteiger charge is -2.36. The fourth-order valence-electron chi connectivity index (χ4n) is 6.88. The Kier molecular flexibility index (Phi) is 8.40. The Labute approximate surface area is 302 Å². The molecule has 0 spiro atoms. The first kappa shape index (κ1) is 32.1. The maximum atomic E-state index is 11.4. The van der Waals surface area contributed by atoms with Crippen LogP contribution in [0.15, 0.2) is 182 Å². The number of carboxylic acid groups (broad SMARTS) is 1. The van der Waals surface area contributed by atoms with Gasteiger partial charge in [0.25, 0.3) is 0 Å². The summed E-state index contributed by atoms with van der Waals surface area (Å²) in [5.74, 6) is -0.492. The molecule has 1 heterocycles. The first-order valence-corrected chi connectivity index (χ1v) is 17.0. The van der Waals surface area contributed by atoms with E-state index in [1.807, 2.05) is 72.8 Å². The van der Waals surface area contributed by atoms with Gasteiger partial charge in [0.1, 0.15) is 17.4 Å². The molecule has 7 aromatic carbocycles. The molecule has 8 rings (SSSR count). The molecule has 1 atom stereocenters. The van der Waals surface area contributed by atoms with Crippen LogP contribution in [-0.2, 0) is 10.4 Å². The molecule has 0 bridgehead atoms. The highest BCUT2D eigenvalue weighted by Gasteiger charge is 2.37. The Balaban J connectivity index is 1.12. The molecule has 1 N–H and O–H groups in total. The summed E-state index contributed by atoms with van der Waals surface area (Å²) in [6.07, 6.45) is 5.59. The maximum absolute atomic E-state index is 11.4. The molecule has 0 aromatic heterocycles. The van der Waals surface area contributed by atoms with Crippen LogP contribution in [-0.4, -0.2) is 11.1 Å². The lowest BCUT2D eigenvalue weighted by Crippen LogP contribution is -2.34. The number of rotatable bonds is 8. The van der Waals surface area contributed by atoms with E-state index in [4.69, 9.17) is 4.74 Å². The van der Waals surface area contributed by atoms with E-state index in [2.05, 4.69) is 114 Å². The molecule has 5 heteroatoms. The number of nitriles is 1. The summed E-state index contributed by atoms with van der Waals surface area (Å²) in [6, 6.07) is 59.4. The molecule has 0 amide bonds. The summed E-state index contributed by atoms with van der Waals surface area (Å²) in [5.41, 5.74) is 7.76. The number of anilines is 3. The first-order valence-electron chi connectivity index (χ1n) is 17.0. The minimum atomic E-state index is -1.26. The van der Waals surface area contributed by atoms with Crippen LogP contribution in [0, 0.1) is 11.3 Å². The number of aliphatic carboxylic acids is 1. The number of hydrogen-bond donors (Lipinski definition) is 1. The number of para-hydroxylation sites is 2. The van der Waals surface area contributed by atoms with Gasteiger partial charge >= 0.3 is 5.97 Å². The monoisotopic (exact) mass is 672 g/mol. The molecule has 0 radical (unpaired) electrons. The van der Waals surface area contributed by atoms with Gasteiger partial charge in [0.05, 0.1) is 0 Å². The number of hydrogen-bond acceptors (Lipinski definition) is 4. The van der Waals surface area contributed by atoms with Crippen molar-refractivity contribution < 1.29 is 14.6 Å². The lowest BCUT2D eigenvalue weighted by molar-refractivity contribution is -0.132. The van der Waals surface area contributed by atoms with Crippen LogP contribution in [0.1, 0.15) is 22.3 Å². The molecule has 5 nitrogen and oxygen atoms in total. The van der Waals surface area contributed by atoms with E-state index in [-0.39, 0.29) is 5.57 Å². The van der Waals surface area contributed by atoms with E-state index in [1.54, 1.807) is 6.07 Å². The predicted molar refractivity (Wildman–Crippen MR) is 209 cm³/mol. The van der Waals surface area contributed by atoms with Crippen molar-refractivity contribution in [3.8, 4) is 22.9 Å². The van der Waals surface area contributed by atoms with Crippen molar-refractivity contribution in [1.29, 1.82) is 5.26 Å². The van der Waals surface area contributed by atoms with Crippen LogP contribution in [0.25, 0.3) is 34.1 Å². The number of ether oxygens (including phenoxy) is 1. The van der Waals surface area contributed by atoms with Gasteiger partial charge in [-0.1, -0.05) is 121 Å². The summed E-state index contributed by atoms with van der Waals surface area (Å²) in [5, 5.41) is 20.7.